The topological polar surface area (TPSA) is 46.9 Å². The average molecular weight is 408 g/mol. The summed E-state index contributed by atoms with van der Waals surface area (Å²) in [5.41, 5.74) is 1.71. The molecule has 4 aliphatic rings. The van der Waals surface area contributed by atoms with Gasteiger partial charge in [-0.05, 0) is 84.5 Å². The number of hydrogen-bond donors (Lipinski definition) is 1. The zero-order chi connectivity index (χ0) is 17.9. The van der Waals surface area contributed by atoms with Crippen LogP contribution in [-0.2, 0) is 11.3 Å². The lowest BCUT2D eigenvalue weighted by molar-refractivity contribution is -0.170. The van der Waals surface area contributed by atoms with E-state index in [4.69, 9.17) is 0 Å². The molecular weight excluding hydrogens is 378 g/mol. The Morgan fingerprint density at radius 1 is 1.28 bits per heavy atom. The Morgan fingerprint density at radius 3 is 2.52 bits per heavy atom. The van der Waals surface area contributed by atoms with Gasteiger partial charge in [0.25, 0.3) is 0 Å². The quantitative estimate of drug-likeness (QED) is 0.732. The van der Waals surface area contributed by atoms with E-state index in [-0.39, 0.29) is 5.41 Å². The van der Waals surface area contributed by atoms with Gasteiger partial charge >= 0.3 is 0 Å². The Labute approximate surface area is 159 Å². The van der Waals surface area contributed by atoms with Crippen molar-refractivity contribution in [3.05, 3.63) is 16.4 Å². The van der Waals surface area contributed by atoms with E-state index in [1.807, 2.05) is 17.8 Å². The molecule has 0 aromatic carbocycles. The van der Waals surface area contributed by atoms with E-state index in [1.165, 1.54) is 19.3 Å². The van der Waals surface area contributed by atoms with Gasteiger partial charge in [0.05, 0.1) is 15.6 Å². The van der Waals surface area contributed by atoms with Crippen LogP contribution in [0.15, 0.2) is 10.7 Å². The fourth-order valence-electron chi connectivity index (χ4n) is 6.94. The molecule has 4 aliphatic carbocycles. The Balaban J connectivity index is 1.35. The maximum Gasteiger partial charge on any atom is 0.226 e. The molecule has 4 saturated carbocycles. The molecule has 0 spiro atoms. The van der Waals surface area contributed by atoms with Crippen molar-refractivity contribution in [2.45, 2.75) is 72.3 Å². The molecular formula is C20H30BrN3O. The molecule has 0 saturated heterocycles. The largest absolute Gasteiger partial charge is 0.356 e. The smallest absolute Gasteiger partial charge is 0.226 e. The van der Waals surface area contributed by atoms with Crippen molar-refractivity contribution < 1.29 is 4.79 Å². The van der Waals surface area contributed by atoms with E-state index in [0.29, 0.717) is 16.7 Å². The van der Waals surface area contributed by atoms with E-state index < -0.39 is 0 Å². The van der Waals surface area contributed by atoms with E-state index in [0.717, 1.165) is 54.9 Å². The van der Waals surface area contributed by atoms with Crippen molar-refractivity contribution in [1.29, 1.82) is 0 Å². The summed E-state index contributed by atoms with van der Waals surface area (Å²) in [6, 6.07) is 0. The molecule has 1 N–H and O–H groups in total. The number of amides is 1. The Hall–Kier alpha value is -0.840. The molecule has 1 aromatic heterocycles. The summed E-state index contributed by atoms with van der Waals surface area (Å²) in [5.74, 6) is 1.09. The van der Waals surface area contributed by atoms with Crippen molar-refractivity contribution in [2.75, 3.05) is 6.54 Å². The Kier molecular flexibility index (Phi) is 4.10. The molecule has 5 rings (SSSR count). The first kappa shape index (κ1) is 17.6. The van der Waals surface area contributed by atoms with Crippen LogP contribution in [0.4, 0.5) is 0 Å². The van der Waals surface area contributed by atoms with Gasteiger partial charge < -0.3 is 5.32 Å². The number of halogens is 1. The van der Waals surface area contributed by atoms with E-state index in [1.54, 1.807) is 0 Å². The lowest BCUT2D eigenvalue weighted by Crippen LogP contribution is -2.59. The van der Waals surface area contributed by atoms with Crippen LogP contribution < -0.4 is 5.32 Å². The summed E-state index contributed by atoms with van der Waals surface area (Å²) in [4.78, 5) is 13.1. The summed E-state index contributed by atoms with van der Waals surface area (Å²) in [6.45, 7) is 8.44. The van der Waals surface area contributed by atoms with Crippen molar-refractivity contribution in [3.8, 4) is 0 Å². The first-order chi connectivity index (χ1) is 11.7. The van der Waals surface area contributed by atoms with Crippen molar-refractivity contribution >= 4 is 21.8 Å². The third kappa shape index (κ3) is 3.17. The highest BCUT2D eigenvalue weighted by molar-refractivity contribution is 9.10. The number of hydrogen-bond acceptors (Lipinski definition) is 2. The maximum absolute atomic E-state index is 13.1. The highest BCUT2D eigenvalue weighted by Crippen LogP contribution is 2.69. The average Bonchev–Trinajstić information content (AvgIpc) is 2.78. The summed E-state index contributed by atoms with van der Waals surface area (Å²) in [7, 11) is 0. The van der Waals surface area contributed by atoms with Crippen LogP contribution >= 0.6 is 15.9 Å². The minimum absolute atomic E-state index is 0.0891. The molecule has 4 bridgehead atoms. The van der Waals surface area contributed by atoms with Gasteiger partial charge in [-0.15, -0.1) is 0 Å². The van der Waals surface area contributed by atoms with Crippen molar-refractivity contribution in [2.24, 2.45) is 22.2 Å². The van der Waals surface area contributed by atoms with Crippen molar-refractivity contribution in [1.82, 2.24) is 15.1 Å². The molecule has 2 atom stereocenters. The zero-order valence-corrected chi connectivity index (χ0v) is 17.3. The van der Waals surface area contributed by atoms with Crippen LogP contribution in [0.25, 0.3) is 0 Å². The minimum Gasteiger partial charge on any atom is -0.356 e. The molecule has 138 valence electrons. The maximum atomic E-state index is 13.1. The third-order valence-corrected chi connectivity index (χ3v) is 7.62. The zero-order valence-electron chi connectivity index (χ0n) is 15.7. The number of aromatic nitrogens is 2. The van der Waals surface area contributed by atoms with Gasteiger partial charge in [0.15, 0.2) is 0 Å². The Morgan fingerprint density at radius 2 is 1.96 bits per heavy atom. The standard InChI is InChI=1S/C20H30BrN3O/c1-14-16(21)10-24(23-14)6-4-5-22-17(25)20-9-15-7-18(2,12-20)11-19(3,8-15)13-20/h10,15H,4-9,11-13H2,1-3H3,(H,22,25)/t15?,18-,19-,20?/m0/s1. The highest BCUT2D eigenvalue weighted by Gasteiger charge is 2.62. The van der Waals surface area contributed by atoms with Crippen LogP contribution in [0.2, 0.25) is 0 Å². The lowest BCUT2D eigenvalue weighted by Gasteiger charge is -2.64. The number of carbonyl (C=O) groups is 1. The predicted molar refractivity (Wildman–Crippen MR) is 102 cm³/mol. The third-order valence-electron chi connectivity index (χ3n) is 6.84. The molecule has 4 nitrogen and oxygen atoms in total. The molecule has 0 radical (unpaired) electrons. The van der Waals surface area contributed by atoms with E-state index in [9.17, 15) is 4.79 Å². The monoisotopic (exact) mass is 407 g/mol. The van der Waals surface area contributed by atoms with Crippen LogP contribution in [0.5, 0.6) is 0 Å². The van der Waals surface area contributed by atoms with Crippen LogP contribution in [-0.4, -0.2) is 22.2 Å². The van der Waals surface area contributed by atoms with Gasteiger partial charge in [0, 0.05) is 19.3 Å². The normalized spacial score (nSPS) is 39.0. The Bertz CT molecular complexity index is 660. The second-order valence-electron chi connectivity index (χ2n) is 9.85. The van der Waals surface area contributed by atoms with Crippen LogP contribution in [0.3, 0.4) is 0 Å². The van der Waals surface area contributed by atoms with Gasteiger partial charge in [0.2, 0.25) is 5.91 Å². The summed E-state index contributed by atoms with van der Waals surface area (Å²) in [6.07, 6.45) is 10.3. The van der Waals surface area contributed by atoms with Gasteiger partial charge in [-0.3, -0.25) is 9.48 Å². The minimum atomic E-state index is -0.0891. The SMILES string of the molecule is Cc1nn(CCCNC(=O)C23CC4C[C@](C)(C2)C[C@](C)(C4)C3)cc1Br. The second-order valence-corrected chi connectivity index (χ2v) is 10.7. The number of nitrogens with zero attached hydrogens (tertiary/aromatic N) is 2. The highest BCUT2D eigenvalue weighted by atomic mass is 79.9. The molecule has 0 unspecified atom stereocenters. The van der Waals surface area contributed by atoms with Gasteiger partial charge in [0.1, 0.15) is 0 Å². The molecule has 0 aliphatic heterocycles. The molecule has 1 aromatic rings. The first-order valence-corrected chi connectivity index (χ1v) is 10.5. The number of rotatable bonds is 5. The van der Waals surface area contributed by atoms with E-state index >= 15 is 0 Å². The number of carbonyl (C=O) groups excluding carboxylic acids is 1. The number of nitrogens with one attached hydrogen (secondary N) is 1. The summed E-state index contributed by atoms with van der Waals surface area (Å²) >= 11 is 3.50. The fourth-order valence-corrected chi connectivity index (χ4v) is 7.26. The van der Waals surface area contributed by atoms with Gasteiger partial charge in [-0.25, -0.2) is 0 Å². The molecule has 1 heterocycles. The summed E-state index contributed by atoms with van der Waals surface area (Å²) < 4.78 is 3.00. The van der Waals surface area contributed by atoms with Gasteiger partial charge in [-0.2, -0.15) is 5.10 Å². The van der Waals surface area contributed by atoms with Crippen molar-refractivity contribution in [3.63, 3.8) is 0 Å². The fraction of sp³-hybridized carbons (Fsp3) is 0.800. The van der Waals surface area contributed by atoms with E-state index in [2.05, 4.69) is 40.2 Å². The van der Waals surface area contributed by atoms with Crippen LogP contribution in [0, 0.1) is 29.1 Å². The predicted octanol–water partition coefficient (Wildman–Crippen LogP) is 4.46. The summed E-state index contributed by atoms with van der Waals surface area (Å²) in [5, 5.41) is 7.73. The van der Waals surface area contributed by atoms with Crippen LogP contribution in [0.1, 0.15) is 64.5 Å². The molecule has 25 heavy (non-hydrogen) atoms. The molecule has 1 amide bonds. The first-order valence-electron chi connectivity index (χ1n) is 9.69. The second kappa shape index (κ2) is 5.83. The lowest BCUT2D eigenvalue weighted by atomic mass is 9.40. The van der Waals surface area contributed by atoms with Gasteiger partial charge in [-0.1, -0.05) is 13.8 Å². The molecule has 4 fully saturated rings. The number of aryl methyl sites for hydroxylation is 2. The molecule has 5 heteroatoms.